The van der Waals surface area contributed by atoms with E-state index in [1.165, 1.54) is 5.39 Å². The summed E-state index contributed by atoms with van der Waals surface area (Å²) in [5.74, 6) is 1.44. The van der Waals surface area contributed by atoms with Gasteiger partial charge in [0.25, 0.3) is 0 Å². The van der Waals surface area contributed by atoms with Gasteiger partial charge in [-0.15, -0.1) is 0 Å². The van der Waals surface area contributed by atoms with Crippen molar-refractivity contribution in [2.24, 2.45) is 0 Å². The number of anilines is 1. The number of hydrogen-bond donors (Lipinski definition) is 2. The van der Waals surface area contributed by atoms with Crippen LogP contribution in [0.1, 0.15) is 5.56 Å². The summed E-state index contributed by atoms with van der Waals surface area (Å²) in [6.07, 6.45) is 1.77. The highest BCUT2D eigenvalue weighted by Crippen LogP contribution is 2.23. The summed E-state index contributed by atoms with van der Waals surface area (Å²) >= 11 is 0. The normalized spacial score (nSPS) is 10.8. The fraction of sp³-hybridized carbons (Fsp3) is 0.100. The second-order valence-corrected chi connectivity index (χ2v) is 5.74. The van der Waals surface area contributed by atoms with Crippen molar-refractivity contribution in [1.82, 2.24) is 15.0 Å². The maximum absolute atomic E-state index is 5.25. The monoisotopic (exact) mass is 330 g/mol. The topological polar surface area (TPSA) is 62.8 Å². The van der Waals surface area contributed by atoms with Crippen molar-refractivity contribution in [1.29, 1.82) is 0 Å². The van der Waals surface area contributed by atoms with Crippen LogP contribution in [0.5, 0.6) is 5.75 Å². The average Bonchev–Trinajstić information content (AvgIpc) is 3.11. The SMILES string of the molecule is COc1cccc(CNc2nccc(-c3cc4ccccc4[nH]3)n2)c1. The molecule has 0 saturated heterocycles. The van der Waals surface area contributed by atoms with Gasteiger partial charge in [0.1, 0.15) is 5.75 Å². The highest BCUT2D eigenvalue weighted by Gasteiger charge is 2.06. The van der Waals surface area contributed by atoms with Gasteiger partial charge in [0.05, 0.1) is 18.5 Å². The van der Waals surface area contributed by atoms with E-state index in [1.807, 2.05) is 42.5 Å². The van der Waals surface area contributed by atoms with E-state index >= 15 is 0 Å². The minimum absolute atomic E-state index is 0.596. The summed E-state index contributed by atoms with van der Waals surface area (Å²) in [7, 11) is 1.67. The van der Waals surface area contributed by atoms with Gasteiger partial charge in [-0.25, -0.2) is 9.97 Å². The van der Waals surface area contributed by atoms with E-state index in [2.05, 4.69) is 38.5 Å². The van der Waals surface area contributed by atoms with E-state index in [-0.39, 0.29) is 0 Å². The summed E-state index contributed by atoms with van der Waals surface area (Å²) < 4.78 is 5.25. The predicted octanol–water partition coefficient (Wildman–Crippen LogP) is 4.25. The Balaban J connectivity index is 1.54. The Bertz CT molecular complexity index is 976. The minimum Gasteiger partial charge on any atom is -0.497 e. The van der Waals surface area contributed by atoms with E-state index < -0.39 is 0 Å². The average molecular weight is 330 g/mol. The summed E-state index contributed by atoms with van der Waals surface area (Å²) in [4.78, 5) is 12.3. The molecule has 0 radical (unpaired) electrons. The molecule has 0 atom stereocenters. The molecule has 4 rings (SSSR count). The third kappa shape index (κ3) is 3.30. The first-order chi connectivity index (χ1) is 12.3. The van der Waals surface area contributed by atoms with Crippen molar-refractivity contribution in [2.45, 2.75) is 6.54 Å². The van der Waals surface area contributed by atoms with E-state index in [1.54, 1.807) is 13.3 Å². The summed E-state index contributed by atoms with van der Waals surface area (Å²) in [6.45, 7) is 0.632. The number of methoxy groups -OCH3 is 1. The highest BCUT2D eigenvalue weighted by molar-refractivity contribution is 5.85. The number of fused-ring (bicyclic) bond motifs is 1. The number of nitrogens with one attached hydrogen (secondary N) is 2. The van der Waals surface area contributed by atoms with Gasteiger partial charge >= 0.3 is 0 Å². The molecule has 25 heavy (non-hydrogen) atoms. The third-order valence-electron chi connectivity index (χ3n) is 4.05. The van der Waals surface area contributed by atoms with Gasteiger partial charge in [-0.05, 0) is 35.9 Å². The Labute approximate surface area is 145 Å². The first-order valence-electron chi connectivity index (χ1n) is 8.10. The lowest BCUT2D eigenvalue weighted by molar-refractivity contribution is 0.414. The number of ether oxygens (including phenoxy) is 1. The number of H-pyrrole nitrogens is 1. The summed E-state index contributed by atoms with van der Waals surface area (Å²) in [6, 6.07) is 20.1. The number of aromatic amines is 1. The van der Waals surface area contributed by atoms with Crippen LogP contribution in [0.4, 0.5) is 5.95 Å². The molecule has 2 aromatic heterocycles. The zero-order chi connectivity index (χ0) is 17.1. The lowest BCUT2D eigenvalue weighted by Gasteiger charge is -2.07. The van der Waals surface area contributed by atoms with E-state index in [4.69, 9.17) is 4.74 Å². The Morgan fingerprint density at radius 1 is 1.04 bits per heavy atom. The zero-order valence-electron chi connectivity index (χ0n) is 13.9. The number of hydrogen-bond acceptors (Lipinski definition) is 4. The molecule has 0 aliphatic carbocycles. The second kappa shape index (κ2) is 6.65. The Hall–Kier alpha value is -3.34. The molecule has 0 unspecified atom stereocenters. The van der Waals surface area contributed by atoms with Crippen LogP contribution in [-0.2, 0) is 6.54 Å². The van der Waals surface area contributed by atoms with Crippen LogP contribution >= 0.6 is 0 Å². The maximum Gasteiger partial charge on any atom is 0.223 e. The minimum atomic E-state index is 0.596. The Morgan fingerprint density at radius 2 is 1.96 bits per heavy atom. The second-order valence-electron chi connectivity index (χ2n) is 5.74. The molecule has 0 amide bonds. The van der Waals surface area contributed by atoms with Crippen LogP contribution in [0.3, 0.4) is 0 Å². The van der Waals surface area contributed by atoms with Crippen molar-refractivity contribution in [2.75, 3.05) is 12.4 Å². The highest BCUT2D eigenvalue weighted by atomic mass is 16.5. The molecule has 0 aliphatic rings. The zero-order valence-corrected chi connectivity index (χ0v) is 13.9. The third-order valence-corrected chi connectivity index (χ3v) is 4.05. The molecule has 0 aliphatic heterocycles. The van der Waals surface area contributed by atoms with Crippen molar-refractivity contribution in [3.05, 3.63) is 72.4 Å². The van der Waals surface area contributed by atoms with Crippen molar-refractivity contribution in [3.63, 3.8) is 0 Å². The number of rotatable bonds is 5. The van der Waals surface area contributed by atoms with Crippen LogP contribution < -0.4 is 10.1 Å². The van der Waals surface area contributed by atoms with Crippen LogP contribution in [0.15, 0.2) is 66.9 Å². The van der Waals surface area contributed by atoms with E-state index in [0.29, 0.717) is 12.5 Å². The van der Waals surface area contributed by atoms with Crippen molar-refractivity contribution >= 4 is 16.9 Å². The largest absolute Gasteiger partial charge is 0.497 e. The van der Waals surface area contributed by atoms with Gasteiger partial charge in [-0.3, -0.25) is 0 Å². The van der Waals surface area contributed by atoms with Crippen molar-refractivity contribution < 1.29 is 4.74 Å². The molecule has 5 nitrogen and oxygen atoms in total. The summed E-state index contributed by atoms with van der Waals surface area (Å²) in [5.41, 5.74) is 4.05. The number of para-hydroxylation sites is 1. The maximum atomic E-state index is 5.25. The summed E-state index contributed by atoms with van der Waals surface area (Å²) in [5, 5.41) is 4.43. The van der Waals surface area contributed by atoms with Gasteiger partial charge in [0.2, 0.25) is 5.95 Å². The van der Waals surface area contributed by atoms with E-state index in [0.717, 1.165) is 28.2 Å². The predicted molar refractivity (Wildman–Crippen MR) is 99.6 cm³/mol. The molecule has 2 aromatic carbocycles. The van der Waals surface area contributed by atoms with Gasteiger partial charge < -0.3 is 15.0 Å². The smallest absolute Gasteiger partial charge is 0.223 e. The molecule has 5 heteroatoms. The number of nitrogens with zero attached hydrogens (tertiary/aromatic N) is 2. The number of aromatic nitrogens is 3. The van der Waals surface area contributed by atoms with Crippen LogP contribution in [-0.4, -0.2) is 22.1 Å². The Morgan fingerprint density at radius 3 is 2.84 bits per heavy atom. The van der Waals surface area contributed by atoms with E-state index in [9.17, 15) is 0 Å². The first kappa shape index (κ1) is 15.2. The quantitative estimate of drug-likeness (QED) is 0.574. The standard InChI is InChI=1S/C20H18N4O/c1-25-16-7-4-5-14(11-16)13-22-20-21-10-9-18(24-20)19-12-15-6-2-3-8-17(15)23-19/h2-12,23H,13H2,1H3,(H,21,22,24). The van der Waals surface area contributed by atoms with Crippen LogP contribution in [0.2, 0.25) is 0 Å². The molecule has 0 spiro atoms. The van der Waals surface area contributed by atoms with Crippen LogP contribution in [0.25, 0.3) is 22.3 Å². The fourth-order valence-corrected chi connectivity index (χ4v) is 2.77. The van der Waals surface area contributed by atoms with Gasteiger partial charge in [0.15, 0.2) is 0 Å². The van der Waals surface area contributed by atoms with Crippen molar-refractivity contribution in [3.8, 4) is 17.1 Å². The molecule has 2 N–H and O–H groups in total. The molecule has 0 bridgehead atoms. The molecule has 0 saturated carbocycles. The number of benzene rings is 2. The van der Waals surface area contributed by atoms with Gasteiger partial charge in [-0.1, -0.05) is 30.3 Å². The molecule has 2 heterocycles. The first-order valence-corrected chi connectivity index (χ1v) is 8.10. The lowest BCUT2D eigenvalue weighted by Crippen LogP contribution is -2.04. The fourth-order valence-electron chi connectivity index (χ4n) is 2.77. The Kier molecular flexibility index (Phi) is 4.04. The van der Waals surface area contributed by atoms with Gasteiger partial charge in [-0.2, -0.15) is 0 Å². The molecular formula is C20H18N4O. The van der Waals surface area contributed by atoms with Gasteiger partial charge in [0, 0.05) is 23.6 Å². The van der Waals surface area contributed by atoms with Crippen LogP contribution in [0, 0.1) is 0 Å². The molecule has 124 valence electrons. The molecule has 0 fully saturated rings. The molecule has 4 aromatic rings. The molecular weight excluding hydrogens is 312 g/mol. The lowest BCUT2D eigenvalue weighted by atomic mass is 10.2.